The molecule has 21 heavy (non-hydrogen) atoms. The van der Waals surface area contributed by atoms with E-state index in [0.717, 1.165) is 18.5 Å². The van der Waals surface area contributed by atoms with Gasteiger partial charge in [0.2, 0.25) is 0 Å². The third kappa shape index (κ3) is 5.58. The Morgan fingerprint density at radius 1 is 1.43 bits per heavy atom. The number of carbonyl (C=O) groups excluding carboxylic acids is 1. The standard InChI is InChI=1S/C17H25N3O/c1-4-14(2)20(3)13-12-19-17(21)16-10-6-5-8-15(16)9-7-11-18/h5-6,8,10,14H,4,11-13,18H2,1-3H3,(H,19,21). The second-order valence-electron chi connectivity index (χ2n) is 5.05. The number of hydrogen-bond acceptors (Lipinski definition) is 3. The SMILES string of the molecule is CCC(C)N(C)CCNC(=O)c1ccccc1C#CCN. The van der Waals surface area contributed by atoms with E-state index < -0.39 is 0 Å². The van der Waals surface area contributed by atoms with Gasteiger partial charge in [-0.1, -0.05) is 30.9 Å². The number of benzene rings is 1. The smallest absolute Gasteiger partial charge is 0.252 e. The molecule has 1 unspecified atom stereocenters. The van der Waals surface area contributed by atoms with Crippen molar-refractivity contribution in [3.8, 4) is 11.8 Å². The highest BCUT2D eigenvalue weighted by Crippen LogP contribution is 2.07. The summed E-state index contributed by atoms with van der Waals surface area (Å²) in [6.07, 6.45) is 1.10. The van der Waals surface area contributed by atoms with E-state index in [-0.39, 0.29) is 12.5 Å². The number of nitrogens with zero attached hydrogens (tertiary/aromatic N) is 1. The molecule has 0 fully saturated rings. The summed E-state index contributed by atoms with van der Waals surface area (Å²) in [5.41, 5.74) is 6.70. The second-order valence-corrected chi connectivity index (χ2v) is 5.05. The summed E-state index contributed by atoms with van der Waals surface area (Å²) in [6, 6.07) is 7.85. The van der Waals surface area contributed by atoms with Crippen LogP contribution in [0.15, 0.2) is 24.3 Å². The minimum absolute atomic E-state index is 0.0885. The van der Waals surface area contributed by atoms with Gasteiger partial charge in [-0.2, -0.15) is 0 Å². The van der Waals surface area contributed by atoms with Crippen molar-refractivity contribution in [1.29, 1.82) is 0 Å². The summed E-state index contributed by atoms with van der Waals surface area (Å²) < 4.78 is 0. The van der Waals surface area contributed by atoms with Crippen molar-refractivity contribution in [2.45, 2.75) is 26.3 Å². The fraction of sp³-hybridized carbons (Fsp3) is 0.471. The molecule has 1 rings (SSSR count). The normalized spacial score (nSPS) is 11.7. The van der Waals surface area contributed by atoms with E-state index in [1.54, 1.807) is 6.07 Å². The Kier molecular flexibility index (Phi) is 7.52. The zero-order valence-electron chi connectivity index (χ0n) is 13.1. The van der Waals surface area contributed by atoms with Crippen molar-refractivity contribution in [3.05, 3.63) is 35.4 Å². The topological polar surface area (TPSA) is 58.4 Å². The van der Waals surface area contributed by atoms with Crippen molar-refractivity contribution in [2.24, 2.45) is 5.73 Å². The van der Waals surface area contributed by atoms with Gasteiger partial charge >= 0.3 is 0 Å². The van der Waals surface area contributed by atoms with Gasteiger partial charge in [0.25, 0.3) is 5.91 Å². The number of amides is 1. The third-order valence-corrected chi connectivity index (χ3v) is 3.59. The maximum Gasteiger partial charge on any atom is 0.252 e. The molecule has 1 amide bonds. The average molecular weight is 287 g/mol. The lowest BCUT2D eigenvalue weighted by molar-refractivity contribution is 0.0947. The van der Waals surface area contributed by atoms with Crippen LogP contribution >= 0.6 is 0 Å². The van der Waals surface area contributed by atoms with Crippen LogP contribution in [0.1, 0.15) is 36.2 Å². The van der Waals surface area contributed by atoms with Gasteiger partial charge in [-0.05, 0) is 32.5 Å². The molecule has 114 valence electrons. The Bertz CT molecular complexity index is 516. The van der Waals surface area contributed by atoms with Crippen molar-refractivity contribution < 1.29 is 4.79 Å². The summed E-state index contributed by atoms with van der Waals surface area (Å²) in [5, 5.41) is 2.95. The summed E-state index contributed by atoms with van der Waals surface area (Å²) in [7, 11) is 2.07. The summed E-state index contributed by atoms with van der Waals surface area (Å²) in [6.45, 7) is 6.08. The number of carbonyl (C=O) groups is 1. The van der Waals surface area contributed by atoms with Crippen LogP contribution < -0.4 is 11.1 Å². The van der Waals surface area contributed by atoms with Crippen LogP contribution in [-0.4, -0.2) is 43.5 Å². The molecular formula is C17H25N3O. The number of rotatable bonds is 6. The van der Waals surface area contributed by atoms with Crippen molar-refractivity contribution in [3.63, 3.8) is 0 Å². The fourth-order valence-electron chi connectivity index (χ4n) is 1.91. The quantitative estimate of drug-likeness (QED) is 0.779. The molecule has 0 aliphatic carbocycles. The molecule has 3 N–H and O–H groups in total. The van der Waals surface area contributed by atoms with Crippen LogP contribution in [0.4, 0.5) is 0 Å². The summed E-state index contributed by atoms with van der Waals surface area (Å²) >= 11 is 0. The zero-order valence-corrected chi connectivity index (χ0v) is 13.1. The molecule has 0 aliphatic rings. The maximum atomic E-state index is 12.2. The van der Waals surface area contributed by atoms with E-state index in [1.807, 2.05) is 18.2 Å². The molecular weight excluding hydrogens is 262 g/mol. The van der Waals surface area contributed by atoms with Crippen molar-refractivity contribution >= 4 is 5.91 Å². The van der Waals surface area contributed by atoms with Gasteiger partial charge in [-0.15, -0.1) is 0 Å². The summed E-state index contributed by atoms with van der Waals surface area (Å²) in [5.74, 6) is 5.63. The molecule has 0 spiro atoms. The van der Waals surface area contributed by atoms with Crippen LogP contribution in [0.25, 0.3) is 0 Å². The van der Waals surface area contributed by atoms with Crippen LogP contribution in [0.5, 0.6) is 0 Å². The Hall–Kier alpha value is -1.83. The Morgan fingerprint density at radius 2 is 2.14 bits per heavy atom. The molecule has 0 radical (unpaired) electrons. The van der Waals surface area contributed by atoms with Crippen LogP contribution in [-0.2, 0) is 0 Å². The molecule has 0 saturated heterocycles. The molecule has 0 aromatic heterocycles. The van der Waals surface area contributed by atoms with Crippen LogP contribution in [0, 0.1) is 11.8 Å². The van der Waals surface area contributed by atoms with Gasteiger partial charge in [0.1, 0.15) is 0 Å². The molecule has 0 saturated carbocycles. The first-order chi connectivity index (χ1) is 10.1. The molecule has 0 aliphatic heterocycles. The highest BCUT2D eigenvalue weighted by Gasteiger charge is 2.10. The van der Waals surface area contributed by atoms with Crippen molar-refractivity contribution in [2.75, 3.05) is 26.7 Å². The number of likely N-dealkylation sites (N-methyl/N-ethyl adjacent to an activating group) is 1. The first kappa shape index (κ1) is 17.2. The lowest BCUT2D eigenvalue weighted by atomic mass is 10.1. The Labute approximate surface area is 127 Å². The number of hydrogen-bond donors (Lipinski definition) is 2. The molecule has 4 nitrogen and oxygen atoms in total. The minimum Gasteiger partial charge on any atom is -0.351 e. The first-order valence-corrected chi connectivity index (χ1v) is 7.36. The number of nitrogens with two attached hydrogens (primary N) is 1. The predicted molar refractivity (Wildman–Crippen MR) is 87.1 cm³/mol. The Balaban J connectivity index is 2.60. The van der Waals surface area contributed by atoms with Gasteiger partial charge in [0, 0.05) is 24.7 Å². The van der Waals surface area contributed by atoms with Gasteiger partial charge in [0.15, 0.2) is 0 Å². The Morgan fingerprint density at radius 3 is 2.81 bits per heavy atom. The van der Waals surface area contributed by atoms with E-state index in [9.17, 15) is 4.79 Å². The highest BCUT2D eigenvalue weighted by molar-refractivity contribution is 5.96. The molecule has 1 aromatic carbocycles. The minimum atomic E-state index is -0.0885. The second kappa shape index (κ2) is 9.17. The van der Waals surface area contributed by atoms with Gasteiger partial charge in [-0.3, -0.25) is 4.79 Å². The van der Waals surface area contributed by atoms with Gasteiger partial charge in [0.05, 0.1) is 12.1 Å². The van der Waals surface area contributed by atoms with E-state index in [4.69, 9.17) is 5.73 Å². The first-order valence-electron chi connectivity index (χ1n) is 7.36. The fourth-order valence-corrected chi connectivity index (χ4v) is 1.91. The highest BCUT2D eigenvalue weighted by atomic mass is 16.1. The molecule has 4 heteroatoms. The molecule has 0 bridgehead atoms. The molecule has 0 heterocycles. The van der Waals surface area contributed by atoms with E-state index in [1.165, 1.54) is 0 Å². The van der Waals surface area contributed by atoms with Crippen molar-refractivity contribution in [1.82, 2.24) is 10.2 Å². The van der Waals surface area contributed by atoms with Gasteiger partial charge in [-0.25, -0.2) is 0 Å². The number of nitrogens with one attached hydrogen (secondary N) is 1. The monoisotopic (exact) mass is 287 g/mol. The van der Waals surface area contributed by atoms with Crippen LogP contribution in [0.2, 0.25) is 0 Å². The van der Waals surface area contributed by atoms with E-state index in [0.29, 0.717) is 18.2 Å². The maximum absolute atomic E-state index is 12.2. The zero-order chi connectivity index (χ0) is 15.7. The van der Waals surface area contributed by atoms with E-state index in [2.05, 4.69) is 43.0 Å². The van der Waals surface area contributed by atoms with Crippen LogP contribution in [0.3, 0.4) is 0 Å². The predicted octanol–water partition coefficient (Wildman–Crippen LogP) is 1.46. The molecule has 1 atom stereocenters. The lowest BCUT2D eigenvalue weighted by Gasteiger charge is -2.23. The molecule has 1 aromatic rings. The van der Waals surface area contributed by atoms with E-state index >= 15 is 0 Å². The summed E-state index contributed by atoms with van der Waals surface area (Å²) in [4.78, 5) is 14.5. The van der Waals surface area contributed by atoms with Gasteiger partial charge < -0.3 is 16.0 Å². The largest absolute Gasteiger partial charge is 0.351 e. The third-order valence-electron chi connectivity index (χ3n) is 3.59. The lowest BCUT2D eigenvalue weighted by Crippen LogP contribution is -2.37. The average Bonchev–Trinajstić information content (AvgIpc) is 2.52.